The Bertz CT molecular complexity index is 114. The van der Waals surface area contributed by atoms with E-state index in [4.69, 9.17) is 0 Å². The van der Waals surface area contributed by atoms with Gasteiger partial charge in [0.2, 0.25) is 0 Å². The van der Waals surface area contributed by atoms with Crippen LogP contribution >= 0.6 is 0 Å². The lowest BCUT2D eigenvalue weighted by Gasteiger charge is -2.34. The zero-order valence-corrected chi connectivity index (χ0v) is 8.45. The van der Waals surface area contributed by atoms with Gasteiger partial charge in [-0.3, -0.25) is 0 Å². The molecule has 0 bridgehead atoms. The lowest BCUT2D eigenvalue weighted by molar-refractivity contribution is 0.210. The molecule has 0 aromatic rings. The third kappa shape index (κ3) is 2.49. The van der Waals surface area contributed by atoms with Crippen LogP contribution < -0.4 is 0 Å². The highest BCUT2D eigenvalue weighted by atomic mass is 16.2. The predicted octanol–water partition coefficient (Wildman–Crippen LogP) is 1.46. The molecule has 0 unspecified atom stereocenters. The second-order valence-electron chi connectivity index (χ2n) is 4.25. The van der Waals surface area contributed by atoms with Gasteiger partial charge in [0.1, 0.15) is 0 Å². The number of rotatable bonds is 2. The highest BCUT2D eigenvalue weighted by Gasteiger charge is 2.25. The Morgan fingerprint density at radius 1 is 1.33 bits per heavy atom. The molecule has 70 valence electrons. The average Bonchev–Trinajstić information content (AvgIpc) is 2.04. The number of piperidine rings is 1. The molecule has 12 heavy (non-hydrogen) atoms. The van der Waals surface area contributed by atoms with E-state index in [0.29, 0.717) is 0 Å². The van der Waals surface area contributed by atoms with Crippen molar-refractivity contribution in [1.29, 1.82) is 0 Å². The Hall–Kier alpha value is -0.0151. The first-order valence-corrected chi connectivity index (χ1v) is 5.03. The van der Waals surface area contributed by atoms with Gasteiger partial charge in [0, 0.05) is 0 Å². The summed E-state index contributed by atoms with van der Waals surface area (Å²) in [5, 5.41) is 9.33. The maximum Gasteiger partial charge on any atom is 0.376 e. The molecule has 1 N–H and O–H groups in total. The standard InChI is InChI=1S/C9H20BNO/c1-8(2)9-4-6-11(7-5-9)10(3)12/h8-9,12H,4-7H2,1-3H3. The molecule has 1 saturated heterocycles. The molecule has 0 radical (unpaired) electrons. The Labute approximate surface area is 76.1 Å². The van der Waals surface area contributed by atoms with Crippen LogP contribution in [0.15, 0.2) is 0 Å². The van der Waals surface area contributed by atoms with Gasteiger partial charge in [0.05, 0.1) is 0 Å². The molecule has 0 aromatic carbocycles. The first-order valence-electron chi connectivity index (χ1n) is 5.03. The van der Waals surface area contributed by atoms with Gasteiger partial charge in [0.25, 0.3) is 0 Å². The van der Waals surface area contributed by atoms with Gasteiger partial charge in [-0.05, 0) is 44.6 Å². The van der Waals surface area contributed by atoms with Crippen LogP contribution in [-0.4, -0.2) is 30.0 Å². The molecule has 0 atom stereocenters. The predicted molar refractivity (Wildman–Crippen MR) is 53.0 cm³/mol. The smallest absolute Gasteiger partial charge is 0.376 e. The van der Waals surface area contributed by atoms with Crippen molar-refractivity contribution >= 4 is 7.05 Å². The van der Waals surface area contributed by atoms with Crippen LogP contribution in [0.5, 0.6) is 0 Å². The van der Waals surface area contributed by atoms with E-state index in [2.05, 4.69) is 18.7 Å². The molecule has 1 aliphatic heterocycles. The van der Waals surface area contributed by atoms with E-state index in [1.165, 1.54) is 12.8 Å². The van der Waals surface area contributed by atoms with Crippen molar-refractivity contribution in [1.82, 2.24) is 4.81 Å². The van der Waals surface area contributed by atoms with Crippen molar-refractivity contribution in [3.63, 3.8) is 0 Å². The number of nitrogens with zero attached hydrogens (tertiary/aromatic N) is 1. The highest BCUT2D eigenvalue weighted by molar-refractivity contribution is 6.45. The second-order valence-corrected chi connectivity index (χ2v) is 4.25. The van der Waals surface area contributed by atoms with Crippen molar-refractivity contribution in [3.05, 3.63) is 0 Å². The Balaban J connectivity index is 2.30. The average molecular weight is 169 g/mol. The van der Waals surface area contributed by atoms with E-state index >= 15 is 0 Å². The van der Waals surface area contributed by atoms with Crippen LogP contribution in [-0.2, 0) is 0 Å². The van der Waals surface area contributed by atoms with Crippen molar-refractivity contribution in [2.75, 3.05) is 13.1 Å². The topological polar surface area (TPSA) is 23.5 Å². The molecule has 0 amide bonds. The fraction of sp³-hybridized carbons (Fsp3) is 1.00. The number of hydrogen-bond donors (Lipinski definition) is 1. The molecule has 0 aliphatic carbocycles. The molecular weight excluding hydrogens is 149 g/mol. The minimum atomic E-state index is -0.252. The van der Waals surface area contributed by atoms with Gasteiger partial charge in [-0.2, -0.15) is 0 Å². The molecule has 1 fully saturated rings. The van der Waals surface area contributed by atoms with Crippen LogP contribution in [0.2, 0.25) is 6.82 Å². The summed E-state index contributed by atoms with van der Waals surface area (Å²) in [6, 6.07) is 0. The first-order chi connectivity index (χ1) is 5.61. The minimum Gasteiger partial charge on any atom is -0.437 e. The van der Waals surface area contributed by atoms with E-state index in [1.807, 2.05) is 6.82 Å². The van der Waals surface area contributed by atoms with Gasteiger partial charge in [-0.15, -0.1) is 0 Å². The molecule has 0 spiro atoms. The van der Waals surface area contributed by atoms with E-state index < -0.39 is 0 Å². The molecule has 0 saturated carbocycles. The van der Waals surface area contributed by atoms with Gasteiger partial charge < -0.3 is 9.83 Å². The van der Waals surface area contributed by atoms with Crippen molar-refractivity contribution < 1.29 is 5.02 Å². The van der Waals surface area contributed by atoms with E-state index in [9.17, 15) is 5.02 Å². The van der Waals surface area contributed by atoms with E-state index in [1.54, 1.807) is 0 Å². The van der Waals surface area contributed by atoms with Crippen molar-refractivity contribution in [2.45, 2.75) is 33.5 Å². The van der Waals surface area contributed by atoms with Crippen molar-refractivity contribution in [2.24, 2.45) is 11.8 Å². The molecule has 1 aliphatic rings. The van der Waals surface area contributed by atoms with Crippen LogP contribution in [0.3, 0.4) is 0 Å². The summed E-state index contributed by atoms with van der Waals surface area (Å²) in [5.74, 6) is 1.68. The van der Waals surface area contributed by atoms with Crippen LogP contribution in [0.25, 0.3) is 0 Å². The second kappa shape index (κ2) is 4.29. The van der Waals surface area contributed by atoms with E-state index in [0.717, 1.165) is 24.9 Å². The third-order valence-electron chi connectivity index (χ3n) is 3.05. The van der Waals surface area contributed by atoms with Crippen LogP contribution in [0.4, 0.5) is 0 Å². The summed E-state index contributed by atoms with van der Waals surface area (Å²) in [6.07, 6.45) is 2.51. The summed E-state index contributed by atoms with van der Waals surface area (Å²) >= 11 is 0. The summed E-state index contributed by atoms with van der Waals surface area (Å²) in [5.41, 5.74) is 0. The maximum atomic E-state index is 9.33. The van der Waals surface area contributed by atoms with Gasteiger partial charge in [-0.1, -0.05) is 13.8 Å². The first kappa shape index (κ1) is 10.1. The lowest BCUT2D eigenvalue weighted by atomic mass is 9.78. The molecule has 1 heterocycles. The zero-order valence-electron chi connectivity index (χ0n) is 8.45. The summed E-state index contributed by atoms with van der Waals surface area (Å²) < 4.78 is 0. The Morgan fingerprint density at radius 3 is 2.17 bits per heavy atom. The Morgan fingerprint density at radius 2 is 1.83 bits per heavy atom. The van der Waals surface area contributed by atoms with Gasteiger partial charge in [-0.25, -0.2) is 0 Å². The molecule has 3 heteroatoms. The Kier molecular flexibility index (Phi) is 3.60. The molecule has 1 rings (SSSR count). The maximum absolute atomic E-state index is 9.33. The third-order valence-corrected chi connectivity index (χ3v) is 3.05. The van der Waals surface area contributed by atoms with Crippen LogP contribution in [0.1, 0.15) is 26.7 Å². The largest absolute Gasteiger partial charge is 0.437 e. The monoisotopic (exact) mass is 169 g/mol. The van der Waals surface area contributed by atoms with E-state index in [-0.39, 0.29) is 7.05 Å². The molecule has 0 aromatic heterocycles. The fourth-order valence-corrected chi connectivity index (χ4v) is 1.96. The fourth-order valence-electron chi connectivity index (χ4n) is 1.96. The van der Waals surface area contributed by atoms with Gasteiger partial charge >= 0.3 is 7.05 Å². The normalized spacial score (nSPS) is 21.8. The molecule has 2 nitrogen and oxygen atoms in total. The zero-order chi connectivity index (χ0) is 9.14. The number of hydrogen-bond acceptors (Lipinski definition) is 2. The highest BCUT2D eigenvalue weighted by Crippen LogP contribution is 2.24. The SMILES string of the molecule is CB(O)N1CCC(C(C)C)CC1. The summed E-state index contributed by atoms with van der Waals surface area (Å²) in [6.45, 7) is 8.59. The van der Waals surface area contributed by atoms with Gasteiger partial charge in [0.15, 0.2) is 0 Å². The molecular formula is C9H20BNO. The van der Waals surface area contributed by atoms with Crippen molar-refractivity contribution in [3.8, 4) is 0 Å². The quantitative estimate of drug-likeness (QED) is 0.632. The van der Waals surface area contributed by atoms with Crippen LogP contribution in [0, 0.1) is 11.8 Å². The lowest BCUT2D eigenvalue weighted by Crippen LogP contribution is -2.43. The minimum absolute atomic E-state index is 0.252. The summed E-state index contributed by atoms with van der Waals surface area (Å²) in [4.78, 5) is 2.15. The summed E-state index contributed by atoms with van der Waals surface area (Å²) in [7, 11) is -0.252.